The van der Waals surface area contributed by atoms with Crippen molar-refractivity contribution in [3.63, 3.8) is 0 Å². The van der Waals surface area contributed by atoms with Gasteiger partial charge in [-0.3, -0.25) is 0 Å². The third kappa shape index (κ3) is 3.70. The predicted molar refractivity (Wildman–Crippen MR) is 101 cm³/mol. The summed E-state index contributed by atoms with van der Waals surface area (Å²) in [5, 5.41) is 15.2. The maximum absolute atomic E-state index is 8.82. The number of anilines is 1. The number of methoxy groups -OCH3 is 2. The highest BCUT2D eigenvalue weighted by molar-refractivity contribution is 7.80. The molecule has 1 heterocycles. The van der Waals surface area contributed by atoms with Gasteiger partial charge in [0.05, 0.1) is 42.9 Å². The van der Waals surface area contributed by atoms with Gasteiger partial charge in [0.15, 0.2) is 16.6 Å². The summed E-state index contributed by atoms with van der Waals surface area (Å²) < 4.78 is 10.6. The molecule has 0 aliphatic heterocycles. The Labute approximate surface area is 150 Å². The maximum atomic E-state index is 8.82. The van der Waals surface area contributed by atoms with Crippen molar-refractivity contribution in [3.8, 4) is 11.5 Å². The minimum absolute atomic E-state index is 0.0162. The van der Waals surface area contributed by atoms with Crippen molar-refractivity contribution in [1.82, 2.24) is 15.3 Å². The number of ether oxygens (including phenoxy) is 2. The molecule has 0 spiro atoms. The lowest BCUT2D eigenvalue weighted by molar-refractivity contribution is 0.301. The predicted octanol–water partition coefficient (Wildman–Crippen LogP) is 2.08. The monoisotopic (exact) mass is 358 g/mol. The van der Waals surface area contributed by atoms with Gasteiger partial charge < -0.3 is 25.2 Å². The molecule has 0 aliphatic carbocycles. The van der Waals surface area contributed by atoms with Gasteiger partial charge in [0.25, 0.3) is 0 Å². The zero-order chi connectivity index (χ0) is 17.8. The number of nitrogens with zero attached hydrogens (tertiary/aromatic N) is 2. The van der Waals surface area contributed by atoms with Gasteiger partial charge in [-0.15, -0.1) is 0 Å². The molecular weight excluding hydrogens is 340 g/mol. The zero-order valence-corrected chi connectivity index (χ0v) is 14.7. The van der Waals surface area contributed by atoms with Crippen LogP contribution in [0.3, 0.4) is 0 Å². The van der Waals surface area contributed by atoms with E-state index in [1.54, 1.807) is 26.4 Å². The number of aliphatic hydroxyl groups is 1. The van der Waals surface area contributed by atoms with E-state index in [0.29, 0.717) is 28.7 Å². The lowest BCUT2D eigenvalue weighted by Crippen LogP contribution is -2.30. The van der Waals surface area contributed by atoms with Gasteiger partial charge in [0, 0.05) is 24.4 Å². The van der Waals surface area contributed by atoms with Gasteiger partial charge in [-0.2, -0.15) is 0 Å². The van der Waals surface area contributed by atoms with Crippen LogP contribution in [-0.2, 0) is 0 Å². The van der Waals surface area contributed by atoms with Crippen LogP contribution in [0.4, 0.5) is 5.69 Å². The zero-order valence-electron chi connectivity index (χ0n) is 13.9. The number of benzene rings is 2. The first-order valence-electron chi connectivity index (χ1n) is 7.64. The molecule has 8 heteroatoms. The van der Waals surface area contributed by atoms with Crippen molar-refractivity contribution >= 4 is 45.1 Å². The second-order valence-electron chi connectivity index (χ2n) is 5.23. The molecule has 0 saturated heterocycles. The van der Waals surface area contributed by atoms with Gasteiger partial charge in [0.2, 0.25) is 0 Å². The van der Waals surface area contributed by atoms with Crippen LogP contribution in [-0.4, -0.2) is 47.6 Å². The van der Waals surface area contributed by atoms with Gasteiger partial charge in [-0.05, 0) is 30.4 Å². The lowest BCUT2D eigenvalue weighted by atomic mass is 10.2. The van der Waals surface area contributed by atoms with Crippen molar-refractivity contribution in [2.75, 3.05) is 32.7 Å². The summed E-state index contributed by atoms with van der Waals surface area (Å²) >= 11 is 5.16. The Morgan fingerprint density at radius 2 is 1.60 bits per heavy atom. The summed E-state index contributed by atoms with van der Waals surface area (Å²) in [6.45, 7) is 0.411. The molecule has 0 radical (unpaired) electrons. The second kappa shape index (κ2) is 7.45. The van der Waals surface area contributed by atoms with E-state index >= 15 is 0 Å². The quantitative estimate of drug-likeness (QED) is 0.472. The van der Waals surface area contributed by atoms with E-state index in [2.05, 4.69) is 20.6 Å². The number of hydrogen-bond acceptors (Lipinski definition) is 6. The number of rotatable bonds is 5. The molecule has 0 aliphatic rings. The summed E-state index contributed by atoms with van der Waals surface area (Å²) in [6, 6.07) is 9.21. The molecule has 3 aromatic rings. The van der Waals surface area contributed by atoms with Crippen LogP contribution in [0.25, 0.3) is 22.1 Å². The molecule has 0 amide bonds. The molecule has 25 heavy (non-hydrogen) atoms. The van der Waals surface area contributed by atoms with Crippen molar-refractivity contribution < 1.29 is 14.6 Å². The van der Waals surface area contributed by atoms with Crippen LogP contribution in [0.2, 0.25) is 0 Å². The van der Waals surface area contributed by atoms with E-state index in [-0.39, 0.29) is 6.61 Å². The average molecular weight is 358 g/mol. The third-order valence-electron chi connectivity index (χ3n) is 3.59. The molecular formula is C17H18N4O3S. The summed E-state index contributed by atoms with van der Waals surface area (Å²) in [4.78, 5) is 9.27. The average Bonchev–Trinajstić information content (AvgIpc) is 2.63. The highest BCUT2D eigenvalue weighted by Gasteiger charge is 2.10. The number of hydrogen-bond donors (Lipinski definition) is 3. The lowest BCUT2D eigenvalue weighted by Gasteiger charge is -2.11. The fourth-order valence-electron chi connectivity index (χ4n) is 2.43. The van der Waals surface area contributed by atoms with E-state index in [1.807, 2.05) is 18.2 Å². The highest BCUT2D eigenvalue weighted by atomic mass is 32.1. The SMILES string of the molecule is COc1cc2nc3ccc(NC(=S)NCCO)cc3nc2cc1OC. The molecule has 1 aromatic heterocycles. The van der Waals surface area contributed by atoms with Crippen molar-refractivity contribution in [1.29, 1.82) is 0 Å². The van der Waals surface area contributed by atoms with Gasteiger partial charge in [-0.25, -0.2) is 9.97 Å². The van der Waals surface area contributed by atoms with Gasteiger partial charge in [0.1, 0.15) is 0 Å². The van der Waals surface area contributed by atoms with Gasteiger partial charge in [-0.1, -0.05) is 0 Å². The normalized spacial score (nSPS) is 10.7. The molecule has 0 saturated carbocycles. The largest absolute Gasteiger partial charge is 0.493 e. The Morgan fingerprint density at radius 3 is 2.20 bits per heavy atom. The summed E-state index contributed by atoms with van der Waals surface area (Å²) in [7, 11) is 3.17. The van der Waals surface area contributed by atoms with Crippen LogP contribution in [0.1, 0.15) is 0 Å². The number of fused-ring (bicyclic) bond motifs is 2. The van der Waals surface area contributed by atoms with E-state index < -0.39 is 0 Å². The molecule has 130 valence electrons. The Kier molecular flexibility index (Phi) is 5.11. The first kappa shape index (κ1) is 17.1. The van der Waals surface area contributed by atoms with E-state index in [0.717, 1.165) is 22.2 Å². The summed E-state index contributed by atoms with van der Waals surface area (Å²) in [6.07, 6.45) is 0. The Bertz CT molecular complexity index is 933. The fraction of sp³-hybridized carbons (Fsp3) is 0.235. The van der Waals surface area contributed by atoms with E-state index in [4.69, 9.17) is 26.8 Å². The topological polar surface area (TPSA) is 88.5 Å². The summed E-state index contributed by atoms with van der Waals surface area (Å²) in [5.41, 5.74) is 3.72. The first-order chi connectivity index (χ1) is 12.1. The number of nitrogens with one attached hydrogen (secondary N) is 2. The molecule has 3 rings (SSSR count). The number of aliphatic hydroxyl groups excluding tert-OH is 1. The first-order valence-corrected chi connectivity index (χ1v) is 8.04. The van der Waals surface area contributed by atoms with Crippen LogP contribution in [0.5, 0.6) is 11.5 Å². The number of aromatic nitrogens is 2. The minimum Gasteiger partial charge on any atom is -0.493 e. The third-order valence-corrected chi connectivity index (χ3v) is 3.84. The Balaban J connectivity index is 1.98. The fourth-order valence-corrected chi connectivity index (χ4v) is 2.65. The molecule has 3 N–H and O–H groups in total. The highest BCUT2D eigenvalue weighted by Crippen LogP contribution is 2.31. The van der Waals surface area contributed by atoms with Crippen LogP contribution >= 0.6 is 12.2 Å². The standard InChI is InChI=1S/C17H18N4O3S/c1-23-15-8-13-14(9-16(15)24-2)21-12-7-10(3-4-11(12)20-13)19-17(25)18-5-6-22/h3-4,7-9,22H,5-6H2,1-2H3,(H2,18,19,25). The smallest absolute Gasteiger partial charge is 0.170 e. The summed E-state index contributed by atoms with van der Waals surface area (Å²) in [5.74, 6) is 1.22. The van der Waals surface area contributed by atoms with E-state index in [9.17, 15) is 0 Å². The van der Waals surface area contributed by atoms with E-state index in [1.165, 1.54) is 0 Å². The molecule has 0 bridgehead atoms. The van der Waals surface area contributed by atoms with Crippen LogP contribution in [0.15, 0.2) is 30.3 Å². The number of thiocarbonyl (C=S) groups is 1. The molecule has 0 unspecified atom stereocenters. The molecule has 0 fully saturated rings. The van der Waals surface area contributed by atoms with Crippen molar-refractivity contribution in [3.05, 3.63) is 30.3 Å². The molecule has 2 aromatic carbocycles. The molecule has 0 atom stereocenters. The van der Waals surface area contributed by atoms with Crippen LogP contribution < -0.4 is 20.1 Å². The molecule has 7 nitrogen and oxygen atoms in total. The Hall–Kier alpha value is -2.71. The van der Waals surface area contributed by atoms with Gasteiger partial charge >= 0.3 is 0 Å². The maximum Gasteiger partial charge on any atom is 0.170 e. The van der Waals surface area contributed by atoms with Crippen molar-refractivity contribution in [2.45, 2.75) is 0 Å². The van der Waals surface area contributed by atoms with Crippen molar-refractivity contribution in [2.24, 2.45) is 0 Å². The van der Waals surface area contributed by atoms with Crippen LogP contribution in [0, 0.1) is 0 Å². The minimum atomic E-state index is 0.0162. The second-order valence-corrected chi connectivity index (χ2v) is 5.64. The Morgan fingerprint density at radius 1 is 1.00 bits per heavy atom.